The summed E-state index contributed by atoms with van der Waals surface area (Å²) in [5, 5.41) is 0. The van der Waals surface area contributed by atoms with Gasteiger partial charge in [0.25, 0.3) is 0 Å². The molecule has 0 saturated carbocycles. The SMILES string of the molecule is [C-]#[N+]C#CCCC. The Balaban J connectivity index is 3.13. The van der Waals surface area contributed by atoms with Crippen LogP contribution < -0.4 is 0 Å². The number of nitrogens with zero attached hydrogens (tertiary/aromatic N) is 1. The fraction of sp³-hybridized carbons (Fsp3) is 0.500. The summed E-state index contributed by atoms with van der Waals surface area (Å²) in [7, 11) is 0. The minimum Gasteiger partial charge on any atom is -0.194 e. The highest BCUT2D eigenvalue weighted by molar-refractivity contribution is 5.05. The molecule has 0 aliphatic rings. The lowest BCUT2D eigenvalue weighted by Gasteiger charge is -1.72. The van der Waals surface area contributed by atoms with Gasteiger partial charge in [-0.05, 0) is 12.8 Å². The summed E-state index contributed by atoms with van der Waals surface area (Å²) in [5.74, 6) is 2.68. The van der Waals surface area contributed by atoms with E-state index in [4.69, 9.17) is 6.57 Å². The molecule has 0 aromatic heterocycles. The molecule has 36 valence electrons. The molecule has 0 saturated heterocycles. The summed E-state index contributed by atoms with van der Waals surface area (Å²) >= 11 is 0. The Hall–Kier alpha value is -0.950. The summed E-state index contributed by atoms with van der Waals surface area (Å²) in [4.78, 5) is 2.86. The van der Waals surface area contributed by atoms with E-state index in [9.17, 15) is 0 Å². The molecule has 0 bridgehead atoms. The molecule has 0 unspecified atom stereocenters. The second kappa shape index (κ2) is 5.05. The van der Waals surface area contributed by atoms with Gasteiger partial charge in [-0.2, -0.15) is 4.85 Å². The highest BCUT2D eigenvalue weighted by Gasteiger charge is 1.64. The Morgan fingerprint density at radius 2 is 2.43 bits per heavy atom. The van der Waals surface area contributed by atoms with E-state index < -0.39 is 0 Å². The molecule has 0 aliphatic heterocycles. The van der Waals surface area contributed by atoms with Crippen LogP contribution in [-0.4, -0.2) is 0 Å². The second-order valence-electron chi connectivity index (χ2n) is 1.15. The van der Waals surface area contributed by atoms with Crippen LogP contribution in [0.3, 0.4) is 0 Å². The second-order valence-corrected chi connectivity index (χ2v) is 1.15. The van der Waals surface area contributed by atoms with Gasteiger partial charge in [0.05, 0.1) is 0 Å². The van der Waals surface area contributed by atoms with Crippen molar-refractivity contribution in [3.8, 4) is 12.0 Å². The van der Waals surface area contributed by atoms with Gasteiger partial charge in [0.1, 0.15) is 12.6 Å². The predicted molar refractivity (Wildman–Crippen MR) is 29.3 cm³/mol. The molecule has 7 heavy (non-hydrogen) atoms. The zero-order valence-electron chi connectivity index (χ0n) is 4.36. The summed E-state index contributed by atoms with van der Waals surface area (Å²) in [6.45, 7) is 8.27. The fourth-order valence-corrected chi connectivity index (χ4v) is 0.220. The largest absolute Gasteiger partial charge is 0.194 e. The van der Waals surface area contributed by atoms with Gasteiger partial charge in [0, 0.05) is 0 Å². The van der Waals surface area contributed by atoms with Crippen LogP contribution >= 0.6 is 0 Å². The van der Waals surface area contributed by atoms with Crippen molar-refractivity contribution in [3.63, 3.8) is 0 Å². The lowest BCUT2D eigenvalue weighted by molar-refractivity contribution is 0.983. The molecule has 0 N–H and O–H groups in total. The maximum absolute atomic E-state index is 6.23. The Morgan fingerprint density at radius 1 is 1.71 bits per heavy atom. The van der Waals surface area contributed by atoms with Crippen molar-refractivity contribution in [1.82, 2.24) is 0 Å². The molecule has 0 fully saturated rings. The van der Waals surface area contributed by atoms with Crippen molar-refractivity contribution in [2.45, 2.75) is 19.8 Å². The van der Waals surface area contributed by atoms with Crippen LogP contribution in [0, 0.1) is 18.5 Å². The molecular weight excluding hydrogens is 86.1 g/mol. The summed E-state index contributed by atoms with van der Waals surface area (Å²) in [6.07, 6.45) is 1.89. The molecule has 1 heteroatoms. The van der Waals surface area contributed by atoms with Crippen molar-refractivity contribution in [2.75, 3.05) is 0 Å². The topological polar surface area (TPSA) is 4.36 Å². The average Bonchev–Trinajstić information content (AvgIpc) is 1.69. The Bertz CT molecular complexity index is 119. The highest BCUT2D eigenvalue weighted by atomic mass is 14.6. The van der Waals surface area contributed by atoms with Crippen molar-refractivity contribution < 1.29 is 0 Å². The molecule has 0 aromatic rings. The zero-order valence-corrected chi connectivity index (χ0v) is 4.36. The molecule has 1 nitrogen and oxygen atoms in total. The van der Waals surface area contributed by atoms with E-state index in [1.807, 2.05) is 6.92 Å². The van der Waals surface area contributed by atoms with Gasteiger partial charge in [0.2, 0.25) is 0 Å². The minimum atomic E-state index is 0.850. The van der Waals surface area contributed by atoms with E-state index in [1.165, 1.54) is 0 Å². The Labute approximate surface area is 44.2 Å². The van der Waals surface area contributed by atoms with Crippen molar-refractivity contribution in [3.05, 3.63) is 11.4 Å². The average molecular weight is 93.1 g/mol. The molecule has 0 radical (unpaired) electrons. The number of unbranched alkanes of at least 4 members (excludes halogenated alkanes) is 1. The van der Waals surface area contributed by atoms with E-state index in [0.29, 0.717) is 0 Å². The Morgan fingerprint density at radius 3 is 2.86 bits per heavy atom. The number of rotatable bonds is 1. The predicted octanol–water partition coefficient (Wildman–Crippen LogP) is 1.67. The summed E-state index contributed by atoms with van der Waals surface area (Å²) in [5.41, 5.74) is 0. The van der Waals surface area contributed by atoms with E-state index in [1.54, 1.807) is 0 Å². The first kappa shape index (κ1) is 6.05. The third-order valence-corrected chi connectivity index (χ3v) is 0.510. The first-order valence-electron chi connectivity index (χ1n) is 2.26. The maximum Gasteiger partial charge on any atom is 0.132 e. The van der Waals surface area contributed by atoms with E-state index in [2.05, 4.69) is 16.8 Å². The van der Waals surface area contributed by atoms with Crippen molar-refractivity contribution >= 4 is 0 Å². The molecule has 0 aliphatic carbocycles. The van der Waals surface area contributed by atoms with Crippen LogP contribution in [0.5, 0.6) is 0 Å². The van der Waals surface area contributed by atoms with E-state index in [-0.39, 0.29) is 0 Å². The maximum atomic E-state index is 6.23. The molecule has 0 heterocycles. The van der Waals surface area contributed by atoms with E-state index >= 15 is 0 Å². The summed E-state index contributed by atoms with van der Waals surface area (Å²) in [6, 6.07) is 2.29. The fourth-order valence-electron chi connectivity index (χ4n) is 0.220. The molecule has 0 spiro atoms. The first-order valence-corrected chi connectivity index (χ1v) is 2.26. The highest BCUT2D eigenvalue weighted by Crippen LogP contribution is 1.79. The molecular formula is C6H7N. The molecule has 0 aromatic carbocycles. The lowest BCUT2D eigenvalue weighted by atomic mass is 10.4. The van der Waals surface area contributed by atoms with Gasteiger partial charge in [-0.1, -0.05) is 6.92 Å². The van der Waals surface area contributed by atoms with Gasteiger partial charge in [0.15, 0.2) is 0 Å². The quantitative estimate of drug-likeness (QED) is 0.343. The van der Waals surface area contributed by atoms with E-state index in [0.717, 1.165) is 12.8 Å². The molecule has 0 rings (SSSR count). The van der Waals surface area contributed by atoms with Crippen LogP contribution in [0.25, 0.3) is 4.85 Å². The van der Waals surface area contributed by atoms with Crippen LogP contribution in [-0.2, 0) is 0 Å². The van der Waals surface area contributed by atoms with Crippen LogP contribution in [0.15, 0.2) is 0 Å². The number of hydrogen-bond acceptors (Lipinski definition) is 0. The minimum absolute atomic E-state index is 0.850. The van der Waals surface area contributed by atoms with Crippen LogP contribution in [0.4, 0.5) is 0 Å². The first-order chi connectivity index (χ1) is 3.41. The monoisotopic (exact) mass is 93.1 g/mol. The third kappa shape index (κ3) is 5.05. The Kier molecular flexibility index (Phi) is 4.36. The summed E-state index contributed by atoms with van der Waals surface area (Å²) < 4.78 is 0. The van der Waals surface area contributed by atoms with Crippen LogP contribution in [0.2, 0.25) is 0 Å². The van der Waals surface area contributed by atoms with Crippen molar-refractivity contribution in [1.29, 1.82) is 0 Å². The van der Waals surface area contributed by atoms with Crippen molar-refractivity contribution in [2.24, 2.45) is 0 Å². The molecule has 0 atom stereocenters. The van der Waals surface area contributed by atoms with Gasteiger partial charge < -0.3 is 0 Å². The van der Waals surface area contributed by atoms with Crippen LogP contribution in [0.1, 0.15) is 19.8 Å². The third-order valence-electron chi connectivity index (χ3n) is 0.510. The van der Waals surface area contributed by atoms with Gasteiger partial charge >= 0.3 is 0 Å². The zero-order chi connectivity index (χ0) is 5.54. The standard InChI is InChI=1S/C6H7N/c1-3-4-5-6-7-2/h3-4H2,1H3. The number of hydrogen-bond donors (Lipinski definition) is 0. The lowest BCUT2D eigenvalue weighted by Crippen LogP contribution is -1.56. The van der Waals surface area contributed by atoms with Gasteiger partial charge in [-0.15, -0.1) is 5.92 Å². The van der Waals surface area contributed by atoms with Gasteiger partial charge in [-0.25, -0.2) is 0 Å². The van der Waals surface area contributed by atoms with Gasteiger partial charge in [-0.3, -0.25) is 0 Å². The smallest absolute Gasteiger partial charge is 0.132 e. The molecule has 0 amide bonds. The normalized spacial score (nSPS) is 5.71.